The molecule has 1 saturated carbocycles. The maximum atomic E-state index is 12.8. The Kier molecular flexibility index (Phi) is 7.84. The third kappa shape index (κ3) is 5.26. The monoisotopic (exact) mass is 476 g/mol. The van der Waals surface area contributed by atoms with Gasteiger partial charge in [0.2, 0.25) is 5.88 Å². The highest BCUT2D eigenvalue weighted by Gasteiger charge is 2.32. The Hall–Kier alpha value is -2.91. The lowest BCUT2D eigenvalue weighted by molar-refractivity contribution is -0.140. The third-order valence-electron chi connectivity index (χ3n) is 7.00. The maximum Gasteiger partial charge on any atom is 0.314 e. The van der Waals surface area contributed by atoms with Gasteiger partial charge in [0.1, 0.15) is 23.1 Å². The van der Waals surface area contributed by atoms with Crippen molar-refractivity contribution < 1.29 is 14.3 Å². The van der Waals surface area contributed by atoms with Crippen LogP contribution >= 0.6 is 11.8 Å². The smallest absolute Gasteiger partial charge is 0.314 e. The average Bonchev–Trinajstić information content (AvgIpc) is 2.87. The van der Waals surface area contributed by atoms with Gasteiger partial charge in [0.15, 0.2) is 0 Å². The van der Waals surface area contributed by atoms with E-state index in [-0.39, 0.29) is 23.7 Å². The van der Waals surface area contributed by atoms with Crippen LogP contribution in [0.15, 0.2) is 58.8 Å². The molecular weight excluding hydrogens is 444 g/mol. The summed E-state index contributed by atoms with van der Waals surface area (Å²) in [7, 11) is 0. The number of hydrogen-bond acceptors (Lipinski definition) is 6. The lowest BCUT2D eigenvalue weighted by Gasteiger charge is -2.28. The topological polar surface area (TPSA) is 85.3 Å². The molecule has 2 N–H and O–H groups in total. The number of benzene rings is 2. The Balaban J connectivity index is 1.50. The van der Waals surface area contributed by atoms with Crippen LogP contribution < -0.4 is 15.2 Å². The van der Waals surface area contributed by atoms with Crippen molar-refractivity contribution in [2.75, 3.05) is 6.26 Å². The molecular formula is C28H32N2O3S. The second-order valence-electron chi connectivity index (χ2n) is 9.18. The minimum atomic E-state index is -0.326. The largest absolute Gasteiger partial charge is 0.440 e. The van der Waals surface area contributed by atoms with E-state index in [2.05, 4.69) is 13.0 Å². The summed E-state index contributed by atoms with van der Waals surface area (Å²) < 4.78 is 11.5. The Labute approximate surface area is 206 Å². The minimum Gasteiger partial charge on any atom is -0.440 e. The number of carbonyl (C=O) groups is 1. The number of unbranched alkanes of at least 4 members (excludes halogenated alkanes) is 1. The number of esters is 1. The van der Waals surface area contributed by atoms with Crippen LogP contribution in [-0.2, 0) is 4.79 Å². The van der Waals surface area contributed by atoms with E-state index in [1.807, 2.05) is 36.6 Å². The van der Waals surface area contributed by atoms with Crippen LogP contribution in [0, 0.1) is 23.2 Å². The number of ether oxygens (including phenoxy) is 2. The molecule has 2 aromatic rings. The van der Waals surface area contributed by atoms with Crippen molar-refractivity contribution in [1.29, 1.82) is 5.26 Å². The summed E-state index contributed by atoms with van der Waals surface area (Å²) in [5, 5.41) is 9.76. The van der Waals surface area contributed by atoms with E-state index in [1.165, 1.54) is 19.3 Å². The maximum absolute atomic E-state index is 12.8. The molecule has 6 heteroatoms. The first-order valence-corrected chi connectivity index (χ1v) is 13.3. The second kappa shape index (κ2) is 11.0. The average molecular weight is 477 g/mol. The zero-order chi connectivity index (χ0) is 24.1. The molecule has 5 nitrogen and oxygen atoms in total. The molecule has 0 bridgehead atoms. The van der Waals surface area contributed by atoms with Crippen LogP contribution in [0.2, 0.25) is 0 Å². The molecule has 0 radical (unpaired) electrons. The van der Waals surface area contributed by atoms with E-state index >= 15 is 0 Å². The first kappa shape index (κ1) is 24.2. The van der Waals surface area contributed by atoms with E-state index in [4.69, 9.17) is 15.2 Å². The lowest BCUT2D eigenvalue weighted by atomic mass is 9.80. The van der Waals surface area contributed by atoms with Gasteiger partial charge < -0.3 is 15.2 Å². The Bertz CT molecular complexity index is 1100. The molecule has 1 atom stereocenters. The van der Waals surface area contributed by atoms with Crippen LogP contribution in [-0.4, -0.2) is 12.2 Å². The highest BCUT2D eigenvalue weighted by molar-refractivity contribution is 7.98. The summed E-state index contributed by atoms with van der Waals surface area (Å²) in [6.45, 7) is 2.22. The number of carbonyl (C=O) groups excluding carboxylic acids is 1. The third-order valence-corrected chi connectivity index (χ3v) is 7.75. The first-order chi connectivity index (χ1) is 16.5. The zero-order valence-electron chi connectivity index (χ0n) is 19.9. The van der Waals surface area contributed by atoms with Crippen molar-refractivity contribution in [1.82, 2.24) is 0 Å². The summed E-state index contributed by atoms with van der Waals surface area (Å²) in [5.74, 6) is 1.25. The number of fused-ring (bicyclic) bond motifs is 1. The predicted octanol–water partition coefficient (Wildman–Crippen LogP) is 6.53. The van der Waals surface area contributed by atoms with Gasteiger partial charge in [0.25, 0.3) is 0 Å². The summed E-state index contributed by atoms with van der Waals surface area (Å²) in [4.78, 5) is 14.0. The van der Waals surface area contributed by atoms with Gasteiger partial charge in [0, 0.05) is 16.5 Å². The predicted molar refractivity (Wildman–Crippen MR) is 135 cm³/mol. The van der Waals surface area contributed by atoms with Gasteiger partial charge in [-0.15, -0.1) is 11.8 Å². The molecule has 1 aliphatic carbocycles. The van der Waals surface area contributed by atoms with E-state index in [9.17, 15) is 10.1 Å². The molecule has 1 fully saturated rings. The Morgan fingerprint density at radius 1 is 1.18 bits per heavy atom. The fourth-order valence-corrected chi connectivity index (χ4v) is 5.43. The van der Waals surface area contributed by atoms with E-state index in [0.717, 1.165) is 47.6 Å². The summed E-state index contributed by atoms with van der Waals surface area (Å²) in [5.41, 5.74) is 8.31. The summed E-state index contributed by atoms with van der Waals surface area (Å²) in [6.07, 6.45) is 9.77. The van der Waals surface area contributed by atoms with E-state index in [0.29, 0.717) is 17.1 Å². The lowest BCUT2D eigenvalue weighted by Crippen LogP contribution is -2.26. The van der Waals surface area contributed by atoms with Crippen molar-refractivity contribution in [3.8, 4) is 17.6 Å². The quantitative estimate of drug-likeness (QED) is 0.278. The first-order valence-electron chi connectivity index (χ1n) is 12.1. The molecule has 0 spiro atoms. The standard InChI is InChI=1S/C28H32N2O3S/c1-3-4-5-18-6-8-20(9-7-18)28(31)32-21-12-15-23-25(16-21)33-27(30)24(17-29)26(23)19-10-13-22(34-2)14-11-19/h10-16,18,20,26H,3-9,30H2,1-2H3. The van der Waals surface area contributed by atoms with Crippen LogP contribution in [0.4, 0.5) is 0 Å². The van der Waals surface area contributed by atoms with E-state index < -0.39 is 0 Å². The van der Waals surface area contributed by atoms with Crippen molar-refractivity contribution in [3.63, 3.8) is 0 Å². The van der Waals surface area contributed by atoms with Crippen molar-refractivity contribution >= 4 is 17.7 Å². The fourth-order valence-electron chi connectivity index (χ4n) is 5.02. The van der Waals surface area contributed by atoms with Crippen LogP contribution in [0.5, 0.6) is 11.5 Å². The number of nitriles is 1. The van der Waals surface area contributed by atoms with Crippen LogP contribution in [0.25, 0.3) is 0 Å². The molecule has 178 valence electrons. The fraction of sp³-hybridized carbons (Fsp3) is 0.429. The Morgan fingerprint density at radius 3 is 2.56 bits per heavy atom. The SMILES string of the molecule is CCCCC1CCC(C(=O)Oc2ccc3c(c2)OC(N)=C(C#N)C3c2ccc(SC)cc2)CC1. The number of nitrogens with zero attached hydrogens (tertiary/aromatic N) is 1. The van der Waals surface area contributed by atoms with Gasteiger partial charge in [0.05, 0.1) is 11.8 Å². The number of rotatable bonds is 7. The summed E-state index contributed by atoms with van der Waals surface area (Å²) >= 11 is 1.66. The van der Waals surface area contributed by atoms with Crippen LogP contribution in [0.1, 0.15) is 68.9 Å². The van der Waals surface area contributed by atoms with Gasteiger partial charge in [-0.3, -0.25) is 4.79 Å². The molecule has 2 aliphatic rings. The van der Waals surface area contributed by atoms with Crippen molar-refractivity contribution in [2.24, 2.45) is 17.6 Å². The number of thioether (sulfide) groups is 1. The van der Waals surface area contributed by atoms with Crippen molar-refractivity contribution in [3.05, 3.63) is 65.0 Å². The van der Waals surface area contributed by atoms with Crippen LogP contribution in [0.3, 0.4) is 0 Å². The number of allylic oxidation sites excluding steroid dienone is 1. The van der Waals surface area contributed by atoms with Crippen molar-refractivity contribution in [2.45, 2.75) is 62.7 Å². The minimum absolute atomic E-state index is 0.0484. The Morgan fingerprint density at radius 2 is 1.91 bits per heavy atom. The molecule has 1 aliphatic heterocycles. The molecule has 4 rings (SSSR count). The molecule has 0 aromatic heterocycles. The summed E-state index contributed by atoms with van der Waals surface area (Å²) in [6, 6.07) is 15.7. The molecule has 1 heterocycles. The highest BCUT2D eigenvalue weighted by Crippen LogP contribution is 2.44. The number of hydrogen-bond donors (Lipinski definition) is 1. The van der Waals surface area contributed by atoms with Gasteiger partial charge >= 0.3 is 5.97 Å². The molecule has 0 amide bonds. The van der Waals surface area contributed by atoms with E-state index in [1.54, 1.807) is 23.9 Å². The van der Waals surface area contributed by atoms with Gasteiger partial charge in [-0.25, -0.2) is 0 Å². The molecule has 1 unspecified atom stereocenters. The van der Waals surface area contributed by atoms with Gasteiger partial charge in [-0.1, -0.05) is 44.4 Å². The number of nitrogens with two attached hydrogens (primary N) is 1. The van der Waals surface area contributed by atoms with Gasteiger partial charge in [-0.05, 0) is 61.6 Å². The molecule has 2 aromatic carbocycles. The van der Waals surface area contributed by atoms with Gasteiger partial charge in [-0.2, -0.15) is 5.26 Å². The highest BCUT2D eigenvalue weighted by atomic mass is 32.2. The molecule has 34 heavy (non-hydrogen) atoms. The molecule has 0 saturated heterocycles. The normalized spacial score (nSPS) is 21.9. The zero-order valence-corrected chi connectivity index (χ0v) is 20.7. The second-order valence-corrected chi connectivity index (χ2v) is 10.1.